The molecular weight excluding hydrogens is 196 g/mol. The van der Waals surface area contributed by atoms with Crippen molar-refractivity contribution in [1.82, 2.24) is 24.5 Å². The Labute approximate surface area is 82.7 Å². The maximum absolute atomic E-state index is 9.27. The first-order chi connectivity index (χ1) is 7.27. The van der Waals surface area contributed by atoms with Gasteiger partial charge in [-0.1, -0.05) is 0 Å². The minimum Gasteiger partial charge on any atom is -0.427 e. The highest BCUT2D eigenvalue weighted by molar-refractivity contribution is 5.74. The molecule has 0 aliphatic rings. The topological polar surface area (TPSA) is 92.1 Å². The van der Waals surface area contributed by atoms with Crippen molar-refractivity contribution in [3.05, 3.63) is 30.0 Å². The van der Waals surface area contributed by atoms with Crippen molar-refractivity contribution < 1.29 is 5.21 Å². The first kappa shape index (κ1) is 7.92. The van der Waals surface area contributed by atoms with E-state index in [9.17, 15) is 5.21 Å². The molecule has 0 atom stereocenters. The summed E-state index contributed by atoms with van der Waals surface area (Å²) in [5, 5.41) is 28.7. The van der Waals surface area contributed by atoms with Crippen molar-refractivity contribution in [2.24, 2.45) is 0 Å². The standard InChI is InChI=1S/C8H6N6O/c9-8-7-5(2-4-13(8)15)14-6(11-12-7)1-3-10-14/h1-4,9,15H. The van der Waals surface area contributed by atoms with E-state index in [2.05, 4.69) is 15.3 Å². The molecule has 0 aliphatic heterocycles. The van der Waals surface area contributed by atoms with Crippen LogP contribution < -0.4 is 5.49 Å². The molecule has 74 valence electrons. The van der Waals surface area contributed by atoms with Crippen LogP contribution in [0.2, 0.25) is 0 Å². The zero-order chi connectivity index (χ0) is 10.4. The van der Waals surface area contributed by atoms with Gasteiger partial charge in [-0.25, -0.2) is 4.52 Å². The zero-order valence-electron chi connectivity index (χ0n) is 7.49. The Morgan fingerprint density at radius 1 is 1.27 bits per heavy atom. The van der Waals surface area contributed by atoms with Gasteiger partial charge in [0.25, 0.3) is 0 Å². The highest BCUT2D eigenvalue weighted by atomic mass is 16.5. The molecule has 0 spiro atoms. The van der Waals surface area contributed by atoms with E-state index in [-0.39, 0.29) is 5.49 Å². The molecule has 0 fully saturated rings. The highest BCUT2D eigenvalue weighted by Crippen LogP contribution is 2.06. The van der Waals surface area contributed by atoms with Gasteiger partial charge in [-0.05, 0) is 6.07 Å². The second kappa shape index (κ2) is 2.53. The summed E-state index contributed by atoms with van der Waals surface area (Å²) in [7, 11) is 0. The Balaban J connectivity index is 2.66. The Morgan fingerprint density at radius 2 is 2.13 bits per heavy atom. The van der Waals surface area contributed by atoms with Crippen LogP contribution in [0.3, 0.4) is 0 Å². The van der Waals surface area contributed by atoms with E-state index in [0.29, 0.717) is 21.4 Å². The summed E-state index contributed by atoms with van der Waals surface area (Å²) in [5.74, 6) is 0. The lowest BCUT2D eigenvalue weighted by Crippen LogP contribution is -2.19. The third-order valence-corrected chi connectivity index (χ3v) is 2.17. The molecule has 0 saturated heterocycles. The van der Waals surface area contributed by atoms with Crippen molar-refractivity contribution in [2.75, 3.05) is 0 Å². The van der Waals surface area contributed by atoms with Crippen LogP contribution in [0.1, 0.15) is 0 Å². The van der Waals surface area contributed by atoms with Gasteiger partial charge in [-0.2, -0.15) is 9.83 Å². The number of rotatable bonds is 0. The molecule has 3 rings (SSSR count). The SMILES string of the molecule is N=c1c2nnc3ccnn3c2ccn1O. The van der Waals surface area contributed by atoms with Crippen molar-refractivity contribution in [1.29, 1.82) is 5.41 Å². The van der Waals surface area contributed by atoms with Crippen molar-refractivity contribution >= 4 is 16.7 Å². The van der Waals surface area contributed by atoms with Gasteiger partial charge in [0.2, 0.25) is 0 Å². The lowest BCUT2D eigenvalue weighted by Gasteiger charge is -2.01. The average Bonchev–Trinajstić information content (AvgIpc) is 2.71. The van der Waals surface area contributed by atoms with E-state index in [1.807, 2.05) is 0 Å². The van der Waals surface area contributed by atoms with E-state index in [4.69, 9.17) is 5.41 Å². The Morgan fingerprint density at radius 3 is 3.00 bits per heavy atom. The second-order valence-corrected chi connectivity index (χ2v) is 3.04. The van der Waals surface area contributed by atoms with E-state index >= 15 is 0 Å². The molecule has 0 saturated carbocycles. The van der Waals surface area contributed by atoms with Gasteiger partial charge in [0, 0.05) is 12.3 Å². The molecule has 0 amide bonds. The number of pyridine rings is 1. The Hall–Kier alpha value is -2.44. The minimum absolute atomic E-state index is 0.114. The molecule has 7 nitrogen and oxygen atoms in total. The van der Waals surface area contributed by atoms with E-state index in [1.165, 1.54) is 6.20 Å². The molecular formula is C8H6N6O. The van der Waals surface area contributed by atoms with Gasteiger partial charge >= 0.3 is 0 Å². The van der Waals surface area contributed by atoms with Crippen molar-refractivity contribution in [3.63, 3.8) is 0 Å². The first-order valence-electron chi connectivity index (χ1n) is 4.23. The van der Waals surface area contributed by atoms with Gasteiger partial charge in [0.05, 0.1) is 6.20 Å². The summed E-state index contributed by atoms with van der Waals surface area (Å²) >= 11 is 0. The number of nitrogens with one attached hydrogen (secondary N) is 1. The summed E-state index contributed by atoms with van der Waals surface area (Å²) in [6.45, 7) is 0. The average molecular weight is 202 g/mol. The molecule has 0 aromatic carbocycles. The predicted octanol–water partition coefficient (Wildman–Crippen LogP) is -0.204. The van der Waals surface area contributed by atoms with Crippen LogP contribution in [0.15, 0.2) is 24.5 Å². The van der Waals surface area contributed by atoms with Crippen LogP contribution >= 0.6 is 0 Å². The maximum atomic E-state index is 9.27. The third kappa shape index (κ3) is 0.938. The van der Waals surface area contributed by atoms with Crippen LogP contribution in [0.25, 0.3) is 16.7 Å². The van der Waals surface area contributed by atoms with Gasteiger partial charge < -0.3 is 5.21 Å². The highest BCUT2D eigenvalue weighted by Gasteiger charge is 2.06. The fourth-order valence-electron chi connectivity index (χ4n) is 1.45. The van der Waals surface area contributed by atoms with Crippen molar-refractivity contribution in [3.8, 4) is 0 Å². The lowest BCUT2D eigenvalue weighted by molar-refractivity contribution is 0.172. The van der Waals surface area contributed by atoms with Gasteiger partial charge in [0.15, 0.2) is 16.7 Å². The van der Waals surface area contributed by atoms with E-state index < -0.39 is 0 Å². The first-order valence-corrected chi connectivity index (χ1v) is 4.23. The molecule has 2 N–H and O–H groups in total. The summed E-state index contributed by atoms with van der Waals surface area (Å²) in [6, 6.07) is 3.35. The number of fused-ring (bicyclic) bond motifs is 3. The molecule has 0 aliphatic carbocycles. The zero-order valence-corrected chi connectivity index (χ0v) is 7.49. The number of aromatic nitrogens is 5. The number of nitrogens with zero attached hydrogens (tertiary/aromatic N) is 5. The molecule has 7 heteroatoms. The molecule has 0 unspecified atom stereocenters. The van der Waals surface area contributed by atoms with Crippen LogP contribution in [0.5, 0.6) is 0 Å². The van der Waals surface area contributed by atoms with Gasteiger partial charge in [0.1, 0.15) is 5.52 Å². The molecule has 0 radical (unpaired) electrons. The van der Waals surface area contributed by atoms with Crippen molar-refractivity contribution in [2.45, 2.75) is 0 Å². The van der Waals surface area contributed by atoms with E-state index in [0.717, 1.165) is 0 Å². The fraction of sp³-hybridized carbons (Fsp3) is 0. The molecule has 15 heavy (non-hydrogen) atoms. The van der Waals surface area contributed by atoms with Crippen LogP contribution in [0.4, 0.5) is 0 Å². The maximum Gasteiger partial charge on any atom is 0.190 e. The summed E-state index contributed by atoms with van der Waals surface area (Å²) < 4.78 is 2.26. The normalized spacial score (nSPS) is 11.2. The number of hydrogen-bond donors (Lipinski definition) is 2. The van der Waals surface area contributed by atoms with Crippen LogP contribution in [0, 0.1) is 5.41 Å². The fourth-order valence-corrected chi connectivity index (χ4v) is 1.45. The van der Waals surface area contributed by atoms with Crippen LogP contribution in [-0.4, -0.2) is 29.7 Å². The quantitative estimate of drug-likeness (QED) is 0.493. The minimum atomic E-state index is -0.114. The number of hydrogen-bond acceptors (Lipinski definition) is 5. The summed E-state index contributed by atoms with van der Waals surface area (Å²) in [6.07, 6.45) is 2.97. The Kier molecular flexibility index (Phi) is 1.34. The van der Waals surface area contributed by atoms with Gasteiger partial charge in [-0.3, -0.25) is 5.41 Å². The predicted molar refractivity (Wildman–Crippen MR) is 49.3 cm³/mol. The smallest absolute Gasteiger partial charge is 0.190 e. The second-order valence-electron chi connectivity index (χ2n) is 3.04. The Bertz CT molecular complexity index is 712. The summed E-state index contributed by atoms with van der Waals surface area (Å²) in [5.41, 5.74) is 1.44. The largest absolute Gasteiger partial charge is 0.427 e. The molecule has 3 aromatic rings. The van der Waals surface area contributed by atoms with Crippen LogP contribution in [-0.2, 0) is 0 Å². The third-order valence-electron chi connectivity index (χ3n) is 2.17. The molecule has 0 bridgehead atoms. The lowest BCUT2D eigenvalue weighted by atomic mass is 10.4. The molecule has 3 aromatic heterocycles. The summed E-state index contributed by atoms with van der Waals surface area (Å²) in [4.78, 5) is 0. The monoisotopic (exact) mass is 202 g/mol. The van der Waals surface area contributed by atoms with Gasteiger partial charge in [-0.15, -0.1) is 10.2 Å². The van der Waals surface area contributed by atoms with E-state index in [1.54, 1.807) is 22.8 Å². The molecule has 3 heterocycles.